The SMILES string of the molecule is C[C@@H](CN(C)C(=O)NCC[C@@H]1CCCO1)c1nccs1. The summed E-state index contributed by atoms with van der Waals surface area (Å²) in [5, 5.41) is 5.99. The number of hydrogen-bond donors (Lipinski definition) is 1. The molecule has 1 N–H and O–H groups in total. The number of thiazole rings is 1. The average molecular weight is 297 g/mol. The molecule has 2 heterocycles. The van der Waals surface area contributed by atoms with Crippen molar-refractivity contribution < 1.29 is 9.53 Å². The van der Waals surface area contributed by atoms with Gasteiger partial charge in [0.2, 0.25) is 0 Å². The summed E-state index contributed by atoms with van der Waals surface area (Å²) in [5.41, 5.74) is 0. The Morgan fingerprint density at radius 1 is 1.70 bits per heavy atom. The Morgan fingerprint density at radius 2 is 2.55 bits per heavy atom. The molecule has 112 valence electrons. The monoisotopic (exact) mass is 297 g/mol. The minimum atomic E-state index is -0.0218. The molecular weight excluding hydrogens is 274 g/mol. The zero-order valence-electron chi connectivity index (χ0n) is 12.2. The molecule has 1 aliphatic rings. The Labute approximate surface area is 124 Å². The Morgan fingerprint density at radius 3 is 3.20 bits per heavy atom. The summed E-state index contributed by atoms with van der Waals surface area (Å²) >= 11 is 1.63. The largest absolute Gasteiger partial charge is 0.378 e. The van der Waals surface area contributed by atoms with Gasteiger partial charge in [-0.05, 0) is 19.3 Å². The van der Waals surface area contributed by atoms with Gasteiger partial charge in [-0.1, -0.05) is 6.92 Å². The van der Waals surface area contributed by atoms with Crippen LogP contribution in [-0.4, -0.2) is 48.8 Å². The highest BCUT2D eigenvalue weighted by Gasteiger charge is 2.17. The van der Waals surface area contributed by atoms with Gasteiger partial charge in [0.1, 0.15) is 0 Å². The maximum Gasteiger partial charge on any atom is 0.317 e. The van der Waals surface area contributed by atoms with E-state index in [2.05, 4.69) is 17.2 Å². The quantitative estimate of drug-likeness (QED) is 0.877. The molecule has 0 radical (unpaired) electrons. The second-order valence-electron chi connectivity index (χ2n) is 5.31. The van der Waals surface area contributed by atoms with E-state index in [1.807, 2.05) is 12.4 Å². The highest BCUT2D eigenvalue weighted by molar-refractivity contribution is 7.09. The van der Waals surface area contributed by atoms with Crippen LogP contribution in [0.3, 0.4) is 0 Å². The summed E-state index contributed by atoms with van der Waals surface area (Å²) in [5.74, 6) is 0.268. The number of likely N-dealkylation sites (N-methyl/N-ethyl adjacent to an activating group) is 1. The smallest absolute Gasteiger partial charge is 0.317 e. The molecular formula is C14H23N3O2S. The van der Waals surface area contributed by atoms with E-state index in [0.717, 1.165) is 30.9 Å². The van der Waals surface area contributed by atoms with Crippen LogP contribution in [-0.2, 0) is 4.74 Å². The Balaban J connectivity index is 1.66. The predicted octanol–water partition coefficient (Wildman–Crippen LogP) is 2.46. The first-order chi connectivity index (χ1) is 9.66. The first-order valence-electron chi connectivity index (χ1n) is 7.16. The second-order valence-corrected chi connectivity index (χ2v) is 6.23. The molecule has 0 aromatic carbocycles. The molecule has 2 atom stereocenters. The van der Waals surface area contributed by atoms with Crippen LogP contribution in [0.15, 0.2) is 11.6 Å². The fourth-order valence-corrected chi connectivity index (χ4v) is 3.09. The molecule has 0 saturated carbocycles. The Bertz CT molecular complexity index is 405. The number of hydrogen-bond acceptors (Lipinski definition) is 4. The highest BCUT2D eigenvalue weighted by atomic mass is 32.1. The van der Waals surface area contributed by atoms with Crippen LogP contribution < -0.4 is 5.32 Å². The van der Waals surface area contributed by atoms with Crippen LogP contribution in [0, 0.1) is 0 Å². The van der Waals surface area contributed by atoms with Crippen molar-refractivity contribution in [3.05, 3.63) is 16.6 Å². The number of urea groups is 1. The van der Waals surface area contributed by atoms with Crippen molar-refractivity contribution in [2.75, 3.05) is 26.7 Å². The van der Waals surface area contributed by atoms with Crippen LogP contribution in [0.4, 0.5) is 4.79 Å². The number of nitrogens with zero attached hydrogens (tertiary/aromatic N) is 2. The van der Waals surface area contributed by atoms with Gasteiger partial charge in [-0.25, -0.2) is 9.78 Å². The van der Waals surface area contributed by atoms with Crippen LogP contribution in [0.1, 0.15) is 37.1 Å². The summed E-state index contributed by atoms with van der Waals surface area (Å²) in [4.78, 5) is 18.0. The number of rotatable bonds is 6. The molecule has 1 aromatic heterocycles. The van der Waals surface area contributed by atoms with E-state index in [-0.39, 0.29) is 11.9 Å². The van der Waals surface area contributed by atoms with Gasteiger partial charge < -0.3 is 15.0 Å². The standard InChI is InChI=1S/C14H23N3O2S/c1-11(13-15-7-9-20-13)10-17(2)14(18)16-6-5-12-4-3-8-19-12/h7,9,11-12H,3-6,8,10H2,1-2H3,(H,16,18)/t11-,12-/m0/s1. The number of carbonyl (C=O) groups is 1. The lowest BCUT2D eigenvalue weighted by Gasteiger charge is -2.21. The number of nitrogens with one attached hydrogen (secondary N) is 1. The molecule has 0 aliphatic carbocycles. The number of aromatic nitrogens is 1. The topological polar surface area (TPSA) is 54.5 Å². The van der Waals surface area contributed by atoms with E-state index in [9.17, 15) is 4.79 Å². The molecule has 20 heavy (non-hydrogen) atoms. The molecule has 0 unspecified atom stereocenters. The molecule has 1 saturated heterocycles. The molecule has 6 heteroatoms. The van der Waals surface area contributed by atoms with Gasteiger partial charge in [0, 0.05) is 44.2 Å². The lowest BCUT2D eigenvalue weighted by molar-refractivity contribution is 0.104. The van der Waals surface area contributed by atoms with Crippen LogP contribution in [0.2, 0.25) is 0 Å². The summed E-state index contributed by atoms with van der Waals surface area (Å²) in [6.07, 6.45) is 5.30. The van der Waals surface area contributed by atoms with Gasteiger partial charge in [0.15, 0.2) is 0 Å². The minimum absolute atomic E-state index is 0.0218. The van der Waals surface area contributed by atoms with E-state index in [0.29, 0.717) is 19.2 Å². The molecule has 2 rings (SSSR count). The van der Waals surface area contributed by atoms with E-state index < -0.39 is 0 Å². The molecule has 5 nitrogen and oxygen atoms in total. The van der Waals surface area contributed by atoms with Crippen molar-refractivity contribution in [3.8, 4) is 0 Å². The predicted molar refractivity (Wildman–Crippen MR) is 80.1 cm³/mol. The molecule has 0 bridgehead atoms. The maximum absolute atomic E-state index is 12.0. The number of ether oxygens (including phenoxy) is 1. The number of amides is 2. The fraction of sp³-hybridized carbons (Fsp3) is 0.714. The van der Waals surface area contributed by atoms with Gasteiger partial charge in [0.05, 0.1) is 11.1 Å². The summed E-state index contributed by atoms with van der Waals surface area (Å²) < 4.78 is 5.54. The van der Waals surface area contributed by atoms with Crippen LogP contribution in [0.25, 0.3) is 0 Å². The zero-order valence-corrected chi connectivity index (χ0v) is 13.0. The van der Waals surface area contributed by atoms with Crippen molar-refractivity contribution in [2.45, 2.75) is 38.2 Å². The van der Waals surface area contributed by atoms with Crippen LogP contribution >= 0.6 is 11.3 Å². The van der Waals surface area contributed by atoms with Crippen molar-refractivity contribution in [1.82, 2.24) is 15.2 Å². The molecule has 1 fully saturated rings. The first kappa shape index (κ1) is 15.3. The molecule has 0 spiro atoms. The van der Waals surface area contributed by atoms with E-state index >= 15 is 0 Å². The van der Waals surface area contributed by atoms with Crippen molar-refractivity contribution in [1.29, 1.82) is 0 Å². The third kappa shape index (κ3) is 4.45. The van der Waals surface area contributed by atoms with Crippen molar-refractivity contribution >= 4 is 17.4 Å². The molecule has 2 amide bonds. The van der Waals surface area contributed by atoms with Gasteiger partial charge in [-0.3, -0.25) is 0 Å². The van der Waals surface area contributed by atoms with Gasteiger partial charge in [0.25, 0.3) is 0 Å². The highest BCUT2D eigenvalue weighted by Crippen LogP contribution is 2.18. The zero-order chi connectivity index (χ0) is 14.4. The number of carbonyl (C=O) groups excluding carboxylic acids is 1. The van der Waals surface area contributed by atoms with Gasteiger partial charge in [-0.15, -0.1) is 11.3 Å². The normalized spacial score (nSPS) is 19.8. The third-order valence-corrected chi connectivity index (χ3v) is 4.54. The first-order valence-corrected chi connectivity index (χ1v) is 8.04. The summed E-state index contributed by atoms with van der Waals surface area (Å²) in [6.45, 7) is 4.32. The Hall–Kier alpha value is -1.14. The average Bonchev–Trinajstić information content (AvgIpc) is 3.11. The van der Waals surface area contributed by atoms with Gasteiger partial charge in [-0.2, -0.15) is 0 Å². The molecule has 1 aromatic rings. The summed E-state index contributed by atoms with van der Waals surface area (Å²) in [6, 6.07) is -0.0218. The van der Waals surface area contributed by atoms with Crippen molar-refractivity contribution in [2.24, 2.45) is 0 Å². The summed E-state index contributed by atoms with van der Waals surface area (Å²) in [7, 11) is 1.82. The van der Waals surface area contributed by atoms with E-state index in [1.54, 1.807) is 22.4 Å². The Kier molecular flexibility index (Phi) is 5.79. The maximum atomic E-state index is 12.0. The lowest BCUT2D eigenvalue weighted by atomic mass is 10.2. The van der Waals surface area contributed by atoms with E-state index in [1.165, 1.54) is 0 Å². The van der Waals surface area contributed by atoms with Crippen LogP contribution in [0.5, 0.6) is 0 Å². The van der Waals surface area contributed by atoms with Crippen molar-refractivity contribution in [3.63, 3.8) is 0 Å². The third-order valence-electron chi connectivity index (χ3n) is 3.53. The van der Waals surface area contributed by atoms with E-state index in [4.69, 9.17) is 4.74 Å². The van der Waals surface area contributed by atoms with Gasteiger partial charge >= 0.3 is 6.03 Å². The minimum Gasteiger partial charge on any atom is -0.378 e. The molecule has 1 aliphatic heterocycles. The fourth-order valence-electron chi connectivity index (χ4n) is 2.40. The lowest BCUT2D eigenvalue weighted by Crippen LogP contribution is -2.40. The second kappa shape index (κ2) is 7.59.